The molecule has 1 saturated carbocycles. The molecule has 2 aliphatic rings. The normalized spacial score (nSPS) is 26.8. The van der Waals surface area contributed by atoms with Gasteiger partial charge in [-0.3, -0.25) is 4.79 Å². The van der Waals surface area contributed by atoms with E-state index in [-0.39, 0.29) is 35.9 Å². The van der Waals surface area contributed by atoms with Crippen molar-refractivity contribution in [3.63, 3.8) is 0 Å². The molecule has 0 heterocycles. The number of allylic oxidation sites excluding steroid dienone is 2. The van der Waals surface area contributed by atoms with Crippen LogP contribution in [0.4, 0.5) is 0 Å². The molecule has 6 atom stereocenters. The second-order valence-electron chi connectivity index (χ2n) is 10.4. The predicted octanol–water partition coefficient (Wildman–Crippen LogP) is 5.10. The average Bonchev–Trinajstić information content (AvgIpc) is 3.23. The van der Waals surface area contributed by atoms with Crippen LogP contribution in [0, 0.1) is 35.5 Å². The van der Waals surface area contributed by atoms with Gasteiger partial charge in [0.2, 0.25) is 5.91 Å². The molecule has 2 aliphatic carbocycles. The van der Waals surface area contributed by atoms with Gasteiger partial charge in [0.1, 0.15) is 0 Å². The van der Waals surface area contributed by atoms with Crippen LogP contribution in [0.2, 0.25) is 0 Å². The minimum Gasteiger partial charge on any atom is -0.392 e. The Kier molecular flexibility index (Phi) is 10.5. The highest BCUT2D eigenvalue weighted by atomic mass is 16.3. The van der Waals surface area contributed by atoms with Gasteiger partial charge in [0.05, 0.1) is 12.2 Å². The van der Waals surface area contributed by atoms with E-state index >= 15 is 0 Å². The van der Waals surface area contributed by atoms with Gasteiger partial charge in [0.25, 0.3) is 0 Å². The maximum absolute atomic E-state index is 12.5. The lowest BCUT2D eigenvalue weighted by Crippen LogP contribution is -2.41. The number of hydrogen-bond acceptors (Lipinski definition) is 3. The number of nitrogens with zero attached hydrogens (tertiary/aromatic N) is 1. The molecule has 180 valence electrons. The number of hydrogen-bond donors (Lipinski definition) is 2. The zero-order chi connectivity index (χ0) is 23.8. The first-order chi connectivity index (χ1) is 15.1. The zero-order valence-electron chi connectivity index (χ0n) is 21.1. The van der Waals surface area contributed by atoms with Crippen LogP contribution in [0.25, 0.3) is 0 Å². The lowest BCUT2D eigenvalue weighted by Gasteiger charge is -2.30. The minimum absolute atomic E-state index is 0.0929. The molecule has 0 aromatic rings. The molecule has 0 saturated heterocycles. The van der Waals surface area contributed by atoms with Gasteiger partial charge in [-0.15, -0.1) is 11.8 Å². The largest absolute Gasteiger partial charge is 0.392 e. The molecule has 2 rings (SSSR count). The average molecular weight is 444 g/mol. The summed E-state index contributed by atoms with van der Waals surface area (Å²) in [7, 11) is 0. The summed E-state index contributed by atoms with van der Waals surface area (Å²) in [5, 5.41) is 21.0. The van der Waals surface area contributed by atoms with E-state index in [9.17, 15) is 15.0 Å². The molecule has 1 amide bonds. The molecule has 0 radical (unpaired) electrons. The first-order valence-corrected chi connectivity index (χ1v) is 12.6. The van der Waals surface area contributed by atoms with Crippen LogP contribution in [-0.4, -0.2) is 45.3 Å². The van der Waals surface area contributed by atoms with E-state index in [4.69, 9.17) is 0 Å². The van der Waals surface area contributed by atoms with E-state index in [1.807, 2.05) is 24.8 Å². The van der Waals surface area contributed by atoms with Crippen LogP contribution in [0.5, 0.6) is 0 Å². The van der Waals surface area contributed by atoms with Crippen molar-refractivity contribution in [1.82, 2.24) is 4.90 Å². The SMILES string of the molecule is CC#CC[C@H](C)[C@H](O)C=C[C@@H]1[C@H]2CC(CCCCC(=O)N(C(C)C)C(C)C)=C[C@H]2C[C@H]1O. The van der Waals surface area contributed by atoms with Crippen molar-refractivity contribution in [2.75, 3.05) is 0 Å². The lowest BCUT2D eigenvalue weighted by atomic mass is 9.88. The van der Waals surface area contributed by atoms with Crippen LogP contribution >= 0.6 is 0 Å². The molecule has 0 aromatic heterocycles. The first kappa shape index (κ1) is 26.7. The Morgan fingerprint density at radius 3 is 2.53 bits per heavy atom. The third-order valence-electron chi connectivity index (χ3n) is 7.20. The van der Waals surface area contributed by atoms with Crippen molar-refractivity contribution >= 4 is 5.91 Å². The Balaban J connectivity index is 1.81. The molecule has 1 fully saturated rings. The minimum atomic E-state index is -0.523. The predicted molar refractivity (Wildman–Crippen MR) is 132 cm³/mol. The van der Waals surface area contributed by atoms with Gasteiger partial charge >= 0.3 is 0 Å². The quantitative estimate of drug-likeness (QED) is 0.265. The van der Waals surface area contributed by atoms with Crippen molar-refractivity contribution in [3.05, 3.63) is 23.8 Å². The smallest absolute Gasteiger partial charge is 0.223 e. The number of amides is 1. The molecule has 0 unspecified atom stereocenters. The Morgan fingerprint density at radius 1 is 1.22 bits per heavy atom. The van der Waals surface area contributed by atoms with Gasteiger partial charge in [0, 0.05) is 30.8 Å². The Morgan fingerprint density at radius 2 is 1.91 bits per heavy atom. The Labute approximate surface area is 196 Å². The second-order valence-corrected chi connectivity index (χ2v) is 10.4. The Hall–Kier alpha value is -1.57. The monoisotopic (exact) mass is 443 g/mol. The van der Waals surface area contributed by atoms with Crippen LogP contribution in [0.1, 0.15) is 86.5 Å². The molecule has 0 bridgehead atoms. The fraction of sp³-hybridized carbons (Fsp3) is 0.750. The summed E-state index contributed by atoms with van der Waals surface area (Å²) in [4.78, 5) is 14.5. The summed E-state index contributed by atoms with van der Waals surface area (Å²) in [6, 6.07) is 0.494. The standard InChI is InChI=1S/C28H45NO3/c1-7-8-11-21(6)26(30)15-14-24-25-17-22(16-23(25)18-27(24)31)12-9-10-13-28(32)29(19(2)3)20(4)5/h14-16,19-21,23-27,30-31H,9-13,17-18H2,1-6H3/t21-,23-,24+,25-,26+,27+/m0/s1. The summed E-state index contributed by atoms with van der Waals surface area (Å²) in [5.74, 6) is 7.26. The van der Waals surface area contributed by atoms with Gasteiger partial charge < -0.3 is 15.1 Å². The molecule has 32 heavy (non-hydrogen) atoms. The lowest BCUT2D eigenvalue weighted by molar-refractivity contribution is -0.134. The number of carbonyl (C=O) groups excluding carboxylic acids is 1. The van der Waals surface area contributed by atoms with Gasteiger partial charge in [0.15, 0.2) is 0 Å². The van der Waals surface area contributed by atoms with Crippen molar-refractivity contribution in [1.29, 1.82) is 0 Å². The highest BCUT2D eigenvalue weighted by Gasteiger charge is 2.43. The number of fused-ring (bicyclic) bond motifs is 1. The maximum Gasteiger partial charge on any atom is 0.223 e. The number of aliphatic hydroxyl groups excluding tert-OH is 2. The fourth-order valence-corrected chi connectivity index (χ4v) is 5.54. The van der Waals surface area contributed by atoms with Crippen LogP contribution in [0.3, 0.4) is 0 Å². The summed E-state index contributed by atoms with van der Waals surface area (Å²) < 4.78 is 0. The van der Waals surface area contributed by atoms with E-state index in [2.05, 4.69) is 51.7 Å². The van der Waals surface area contributed by atoms with E-state index in [1.165, 1.54) is 5.57 Å². The Bertz CT molecular complexity index is 719. The number of aliphatic hydroxyl groups is 2. The molecule has 4 heteroatoms. The fourth-order valence-electron chi connectivity index (χ4n) is 5.54. The van der Waals surface area contributed by atoms with Crippen LogP contribution in [-0.2, 0) is 4.79 Å². The maximum atomic E-state index is 12.5. The number of rotatable bonds is 11. The van der Waals surface area contributed by atoms with Crippen molar-refractivity contribution in [2.24, 2.45) is 23.7 Å². The van der Waals surface area contributed by atoms with Crippen LogP contribution in [0.15, 0.2) is 23.8 Å². The van der Waals surface area contributed by atoms with E-state index < -0.39 is 6.10 Å². The summed E-state index contributed by atoms with van der Waals surface area (Å²) in [5.41, 5.74) is 1.48. The van der Waals surface area contributed by atoms with Crippen molar-refractivity contribution < 1.29 is 15.0 Å². The van der Waals surface area contributed by atoms with Gasteiger partial charge in [-0.05, 0) is 84.5 Å². The molecular formula is C28H45NO3. The molecule has 2 N–H and O–H groups in total. The molecule has 0 aromatic carbocycles. The van der Waals surface area contributed by atoms with Crippen molar-refractivity contribution in [2.45, 2.75) is 111 Å². The highest BCUT2D eigenvalue weighted by molar-refractivity contribution is 5.76. The third kappa shape index (κ3) is 7.22. The number of carbonyl (C=O) groups is 1. The molecule has 0 aliphatic heterocycles. The summed E-state index contributed by atoms with van der Waals surface area (Å²) >= 11 is 0. The first-order valence-electron chi connectivity index (χ1n) is 12.6. The summed E-state index contributed by atoms with van der Waals surface area (Å²) in [6.45, 7) is 12.2. The summed E-state index contributed by atoms with van der Waals surface area (Å²) in [6.07, 6.45) is 11.6. The highest BCUT2D eigenvalue weighted by Crippen LogP contribution is 2.48. The van der Waals surface area contributed by atoms with Gasteiger partial charge in [-0.1, -0.05) is 30.7 Å². The van der Waals surface area contributed by atoms with E-state index in [1.54, 1.807) is 0 Å². The van der Waals surface area contributed by atoms with E-state index in [0.29, 0.717) is 24.7 Å². The van der Waals surface area contributed by atoms with Crippen LogP contribution < -0.4 is 0 Å². The molecule has 0 spiro atoms. The van der Waals surface area contributed by atoms with Gasteiger partial charge in [-0.2, -0.15) is 0 Å². The molecule has 4 nitrogen and oxygen atoms in total. The zero-order valence-corrected chi connectivity index (χ0v) is 21.1. The number of unbranched alkanes of at least 4 members (excludes halogenated alkanes) is 1. The third-order valence-corrected chi connectivity index (χ3v) is 7.20. The van der Waals surface area contributed by atoms with Gasteiger partial charge in [-0.25, -0.2) is 0 Å². The second kappa shape index (κ2) is 12.6. The molecular weight excluding hydrogens is 398 g/mol. The van der Waals surface area contributed by atoms with Crippen molar-refractivity contribution in [3.8, 4) is 11.8 Å². The van der Waals surface area contributed by atoms with E-state index in [0.717, 1.165) is 32.1 Å². The topological polar surface area (TPSA) is 60.8 Å².